The molecule has 2 heterocycles. The van der Waals surface area contributed by atoms with Crippen molar-refractivity contribution in [2.75, 3.05) is 17.2 Å². The standard InChI is InChI=1S/C16H15N7O4/c17-11(24)6-19-16(27)23-9-3-1-2-8(4-9)22-14(25)10-5-18-13-12(10)15(26)21-7-20-13/h1-5,7H,6H2,(H2,17,24)(H,22,25)(H2,19,23,27)(H2,18,20,21,26). The number of benzene rings is 1. The van der Waals surface area contributed by atoms with E-state index < -0.39 is 23.4 Å². The number of carbonyl (C=O) groups excluding carboxylic acids is 3. The molecule has 138 valence electrons. The van der Waals surface area contributed by atoms with Crippen LogP contribution in [0.4, 0.5) is 16.2 Å². The molecule has 11 heteroatoms. The smallest absolute Gasteiger partial charge is 0.319 e. The highest BCUT2D eigenvalue weighted by Gasteiger charge is 2.16. The molecule has 0 radical (unpaired) electrons. The third-order valence-corrected chi connectivity index (χ3v) is 3.52. The molecule has 1 aromatic carbocycles. The first kappa shape index (κ1) is 17.7. The largest absolute Gasteiger partial charge is 0.368 e. The highest BCUT2D eigenvalue weighted by Crippen LogP contribution is 2.18. The molecular formula is C16H15N7O4. The lowest BCUT2D eigenvalue weighted by Gasteiger charge is -2.09. The number of primary amides is 1. The second-order valence-electron chi connectivity index (χ2n) is 5.47. The second-order valence-corrected chi connectivity index (χ2v) is 5.47. The van der Waals surface area contributed by atoms with Crippen molar-refractivity contribution in [2.45, 2.75) is 0 Å². The summed E-state index contributed by atoms with van der Waals surface area (Å²) in [6.07, 6.45) is 2.63. The monoisotopic (exact) mass is 369 g/mol. The molecule has 0 aliphatic heterocycles. The van der Waals surface area contributed by atoms with Gasteiger partial charge in [-0.3, -0.25) is 14.4 Å². The highest BCUT2D eigenvalue weighted by molar-refractivity contribution is 6.12. The van der Waals surface area contributed by atoms with E-state index in [9.17, 15) is 19.2 Å². The Morgan fingerprint density at radius 3 is 2.59 bits per heavy atom. The maximum absolute atomic E-state index is 12.5. The van der Waals surface area contributed by atoms with Crippen LogP contribution in [0.25, 0.3) is 11.0 Å². The fourth-order valence-electron chi connectivity index (χ4n) is 2.37. The van der Waals surface area contributed by atoms with E-state index in [0.29, 0.717) is 17.0 Å². The first-order valence-corrected chi connectivity index (χ1v) is 7.73. The summed E-state index contributed by atoms with van der Waals surface area (Å²) in [6.45, 7) is -0.300. The van der Waals surface area contributed by atoms with Gasteiger partial charge in [-0.25, -0.2) is 9.78 Å². The minimum Gasteiger partial charge on any atom is -0.368 e. The molecule has 0 aliphatic carbocycles. The number of aromatic nitrogens is 3. The highest BCUT2D eigenvalue weighted by atomic mass is 16.2. The van der Waals surface area contributed by atoms with Gasteiger partial charge in [-0.05, 0) is 18.2 Å². The number of aromatic amines is 2. The number of anilines is 2. The number of nitrogens with one attached hydrogen (secondary N) is 5. The molecule has 0 bridgehead atoms. The van der Waals surface area contributed by atoms with Crippen LogP contribution in [0.5, 0.6) is 0 Å². The quantitative estimate of drug-likeness (QED) is 0.373. The van der Waals surface area contributed by atoms with Crippen LogP contribution < -0.4 is 27.2 Å². The Kier molecular flexibility index (Phi) is 4.84. The van der Waals surface area contributed by atoms with Gasteiger partial charge in [-0.15, -0.1) is 0 Å². The van der Waals surface area contributed by atoms with Crippen LogP contribution in [-0.2, 0) is 4.79 Å². The Hall–Kier alpha value is -4.15. The van der Waals surface area contributed by atoms with E-state index in [1.807, 2.05) is 0 Å². The molecule has 7 N–H and O–H groups in total. The van der Waals surface area contributed by atoms with Crippen LogP contribution in [-0.4, -0.2) is 39.3 Å². The molecule has 0 atom stereocenters. The topological polar surface area (TPSA) is 175 Å². The number of hydrogen-bond donors (Lipinski definition) is 6. The maximum atomic E-state index is 12.5. The van der Waals surface area contributed by atoms with Crippen LogP contribution in [0.15, 0.2) is 41.6 Å². The van der Waals surface area contributed by atoms with E-state index in [0.717, 1.165) is 0 Å². The number of nitrogens with zero attached hydrogens (tertiary/aromatic N) is 1. The summed E-state index contributed by atoms with van der Waals surface area (Å²) in [7, 11) is 0. The minimum atomic E-state index is -0.672. The van der Waals surface area contributed by atoms with Gasteiger partial charge in [0, 0.05) is 17.6 Å². The van der Waals surface area contributed by atoms with Gasteiger partial charge in [0.05, 0.1) is 23.8 Å². The molecule has 0 spiro atoms. The minimum absolute atomic E-state index is 0.136. The van der Waals surface area contributed by atoms with Gasteiger partial charge in [-0.1, -0.05) is 6.07 Å². The summed E-state index contributed by atoms with van der Waals surface area (Å²) in [4.78, 5) is 55.9. The molecule has 3 aromatic rings. The van der Waals surface area contributed by atoms with E-state index in [4.69, 9.17) is 5.73 Å². The number of urea groups is 1. The van der Waals surface area contributed by atoms with Gasteiger partial charge in [0.15, 0.2) is 0 Å². The summed E-state index contributed by atoms with van der Waals surface area (Å²) >= 11 is 0. The van der Waals surface area contributed by atoms with Gasteiger partial charge in [0.1, 0.15) is 5.65 Å². The van der Waals surface area contributed by atoms with Crippen LogP contribution in [0, 0.1) is 0 Å². The lowest BCUT2D eigenvalue weighted by Crippen LogP contribution is -2.36. The van der Waals surface area contributed by atoms with Crippen LogP contribution in [0.1, 0.15) is 10.4 Å². The SMILES string of the molecule is NC(=O)CNC(=O)Nc1cccc(NC(=O)c2c[nH]c3nc[nH]c(=O)c23)c1. The number of nitrogens with two attached hydrogens (primary N) is 1. The summed E-state index contributed by atoms with van der Waals surface area (Å²) in [5.41, 5.74) is 5.72. The number of fused-ring (bicyclic) bond motifs is 1. The first-order valence-electron chi connectivity index (χ1n) is 7.73. The molecule has 4 amide bonds. The average molecular weight is 369 g/mol. The van der Waals surface area contributed by atoms with Crippen molar-refractivity contribution >= 4 is 40.3 Å². The van der Waals surface area contributed by atoms with E-state index in [-0.39, 0.29) is 17.5 Å². The zero-order valence-electron chi connectivity index (χ0n) is 13.8. The van der Waals surface area contributed by atoms with Crippen molar-refractivity contribution in [2.24, 2.45) is 5.73 Å². The number of amides is 4. The van der Waals surface area contributed by atoms with Crippen molar-refractivity contribution in [3.63, 3.8) is 0 Å². The van der Waals surface area contributed by atoms with Crippen molar-refractivity contribution in [3.05, 3.63) is 52.7 Å². The maximum Gasteiger partial charge on any atom is 0.319 e. The number of carbonyl (C=O) groups is 3. The molecule has 27 heavy (non-hydrogen) atoms. The van der Waals surface area contributed by atoms with Crippen LogP contribution in [0.3, 0.4) is 0 Å². The number of rotatable bonds is 5. The molecule has 0 saturated carbocycles. The fourth-order valence-corrected chi connectivity index (χ4v) is 2.37. The van der Waals surface area contributed by atoms with Gasteiger partial charge < -0.3 is 31.7 Å². The lowest BCUT2D eigenvalue weighted by molar-refractivity contribution is -0.117. The second kappa shape index (κ2) is 7.39. The predicted octanol–water partition coefficient (Wildman–Crippen LogP) is 0.110. The summed E-state index contributed by atoms with van der Waals surface area (Å²) in [5, 5.41) is 7.57. The van der Waals surface area contributed by atoms with Gasteiger partial charge in [0.25, 0.3) is 11.5 Å². The molecule has 0 fully saturated rings. The summed E-state index contributed by atoms with van der Waals surface area (Å²) in [6, 6.07) is 5.72. The lowest BCUT2D eigenvalue weighted by atomic mass is 10.2. The zero-order valence-corrected chi connectivity index (χ0v) is 13.8. The van der Waals surface area contributed by atoms with Gasteiger partial charge >= 0.3 is 6.03 Å². The molecule has 11 nitrogen and oxygen atoms in total. The van der Waals surface area contributed by atoms with Crippen LogP contribution in [0.2, 0.25) is 0 Å². The molecule has 3 rings (SSSR count). The predicted molar refractivity (Wildman–Crippen MR) is 97.3 cm³/mol. The fraction of sp³-hybridized carbons (Fsp3) is 0.0625. The Labute approximate surface area is 151 Å². The van der Waals surface area contributed by atoms with E-state index in [1.54, 1.807) is 18.2 Å². The normalized spacial score (nSPS) is 10.4. The molecule has 2 aromatic heterocycles. The molecule has 0 aliphatic rings. The van der Waals surface area contributed by atoms with Gasteiger partial charge in [0.2, 0.25) is 5.91 Å². The van der Waals surface area contributed by atoms with Crippen molar-refractivity contribution in [1.82, 2.24) is 20.3 Å². The number of H-pyrrole nitrogens is 2. The van der Waals surface area contributed by atoms with Crippen molar-refractivity contribution < 1.29 is 14.4 Å². The van der Waals surface area contributed by atoms with E-state index in [2.05, 4.69) is 30.9 Å². The van der Waals surface area contributed by atoms with E-state index >= 15 is 0 Å². The number of hydrogen-bond acceptors (Lipinski definition) is 5. The van der Waals surface area contributed by atoms with Crippen molar-refractivity contribution in [1.29, 1.82) is 0 Å². The Morgan fingerprint density at radius 2 is 1.85 bits per heavy atom. The molecular weight excluding hydrogens is 354 g/mol. The van der Waals surface area contributed by atoms with Gasteiger partial charge in [-0.2, -0.15) is 0 Å². The molecule has 0 saturated heterocycles. The average Bonchev–Trinajstić information content (AvgIpc) is 3.06. The van der Waals surface area contributed by atoms with Crippen LogP contribution >= 0.6 is 0 Å². The summed E-state index contributed by atoms with van der Waals surface area (Å²) in [5.74, 6) is -1.19. The zero-order chi connectivity index (χ0) is 19.4. The van der Waals surface area contributed by atoms with E-state index in [1.165, 1.54) is 18.6 Å². The third kappa shape index (κ3) is 4.10. The van der Waals surface area contributed by atoms with Crippen molar-refractivity contribution in [3.8, 4) is 0 Å². The summed E-state index contributed by atoms with van der Waals surface area (Å²) < 4.78 is 0. The first-order chi connectivity index (χ1) is 12.9. The Balaban J connectivity index is 1.74. The Bertz CT molecular complexity index is 1090. The Morgan fingerprint density at radius 1 is 1.11 bits per heavy atom. The molecule has 0 unspecified atom stereocenters. The third-order valence-electron chi connectivity index (χ3n) is 3.52.